The minimum Gasteiger partial charge on any atom is -0.493 e. The van der Waals surface area contributed by atoms with Crippen molar-refractivity contribution in [2.75, 3.05) is 27.8 Å². The van der Waals surface area contributed by atoms with Crippen LogP contribution >= 0.6 is 0 Å². The molecule has 0 fully saturated rings. The molecule has 5 nitrogen and oxygen atoms in total. The van der Waals surface area contributed by atoms with E-state index in [2.05, 4.69) is 0 Å². The van der Waals surface area contributed by atoms with E-state index in [-0.39, 0.29) is 0 Å². The van der Waals surface area contributed by atoms with Gasteiger partial charge in [-0.3, -0.25) is 0 Å². The smallest absolute Gasteiger partial charge is 0.242 e. The molecule has 0 saturated carbocycles. The van der Waals surface area contributed by atoms with Gasteiger partial charge >= 0.3 is 0 Å². The van der Waals surface area contributed by atoms with Crippen LogP contribution in [-0.4, -0.2) is 40.5 Å². The normalized spacial score (nSPS) is 11.5. The van der Waals surface area contributed by atoms with Crippen molar-refractivity contribution in [3.05, 3.63) is 54.1 Å². The molecule has 0 aliphatic heterocycles. The summed E-state index contributed by atoms with van der Waals surface area (Å²) in [6.07, 6.45) is 0.586. The summed E-state index contributed by atoms with van der Waals surface area (Å²) in [6.45, 7) is 0.382. The number of hydrogen-bond donors (Lipinski definition) is 0. The summed E-state index contributed by atoms with van der Waals surface area (Å²) in [6, 6.07) is 14.0. The molecule has 0 aromatic heterocycles. The molecule has 0 N–H and O–H groups in total. The van der Waals surface area contributed by atoms with Crippen molar-refractivity contribution in [2.45, 2.75) is 11.3 Å². The van der Waals surface area contributed by atoms with Crippen molar-refractivity contribution in [1.29, 1.82) is 0 Å². The quantitative estimate of drug-likeness (QED) is 0.780. The summed E-state index contributed by atoms with van der Waals surface area (Å²) in [7, 11) is 1.28. The molecule has 0 heterocycles. The number of hydrogen-bond acceptors (Lipinski definition) is 4. The number of ether oxygens (including phenoxy) is 2. The summed E-state index contributed by atoms with van der Waals surface area (Å²) in [5.41, 5.74) is 0.984. The zero-order valence-corrected chi connectivity index (χ0v) is 14.3. The maximum atomic E-state index is 12.5. The second-order valence-electron chi connectivity index (χ2n) is 5.08. The average Bonchev–Trinajstić information content (AvgIpc) is 2.59. The van der Waals surface area contributed by atoms with Crippen LogP contribution in [0, 0.1) is 0 Å². The molecule has 6 heteroatoms. The zero-order valence-electron chi connectivity index (χ0n) is 13.5. The van der Waals surface area contributed by atoms with Gasteiger partial charge in [0.15, 0.2) is 11.5 Å². The highest BCUT2D eigenvalue weighted by Gasteiger charge is 2.20. The largest absolute Gasteiger partial charge is 0.493 e. The Labute approximate surface area is 137 Å². The van der Waals surface area contributed by atoms with E-state index in [1.165, 1.54) is 4.31 Å². The van der Waals surface area contributed by atoms with Gasteiger partial charge in [-0.2, -0.15) is 0 Å². The number of nitrogens with zero attached hydrogens (tertiary/aromatic N) is 1. The Morgan fingerprint density at radius 2 is 1.61 bits per heavy atom. The highest BCUT2D eigenvalue weighted by Crippen LogP contribution is 2.27. The Morgan fingerprint density at radius 1 is 0.957 bits per heavy atom. The van der Waals surface area contributed by atoms with Gasteiger partial charge in [-0.1, -0.05) is 24.3 Å². The van der Waals surface area contributed by atoms with Crippen molar-refractivity contribution < 1.29 is 17.9 Å². The number of rotatable bonds is 7. The van der Waals surface area contributed by atoms with E-state index in [0.29, 0.717) is 29.4 Å². The Balaban J connectivity index is 2.09. The third kappa shape index (κ3) is 4.03. The van der Waals surface area contributed by atoms with E-state index in [1.807, 2.05) is 18.2 Å². The molecule has 0 bridgehead atoms. The molecule has 23 heavy (non-hydrogen) atoms. The van der Waals surface area contributed by atoms with Crippen LogP contribution in [0.25, 0.3) is 0 Å². The Bertz CT molecular complexity index is 744. The van der Waals surface area contributed by atoms with Gasteiger partial charge in [0.25, 0.3) is 0 Å². The van der Waals surface area contributed by atoms with Crippen molar-refractivity contribution in [2.24, 2.45) is 0 Å². The van der Waals surface area contributed by atoms with Gasteiger partial charge in [0.2, 0.25) is 10.0 Å². The third-order valence-corrected chi connectivity index (χ3v) is 5.49. The Hall–Kier alpha value is -2.05. The van der Waals surface area contributed by atoms with E-state index in [0.717, 1.165) is 5.56 Å². The van der Waals surface area contributed by atoms with Crippen LogP contribution < -0.4 is 9.47 Å². The van der Waals surface area contributed by atoms with Gasteiger partial charge in [0, 0.05) is 13.6 Å². The molecule has 0 aliphatic rings. The van der Waals surface area contributed by atoms with Crippen molar-refractivity contribution in [3.63, 3.8) is 0 Å². The van der Waals surface area contributed by atoms with Gasteiger partial charge < -0.3 is 9.47 Å². The third-order valence-electron chi connectivity index (χ3n) is 3.61. The summed E-state index contributed by atoms with van der Waals surface area (Å²) in [5, 5.41) is 0. The number of benzene rings is 2. The van der Waals surface area contributed by atoms with Gasteiger partial charge in [0.05, 0.1) is 19.1 Å². The topological polar surface area (TPSA) is 55.8 Å². The van der Waals surface area contributed by atoms with E-state index in [9.17, 15) is 8.42 Å². The first-order chi connectivity index (χ1) is 11.0. The summed E-state index contributed by atoms with van der Waals surface area (Å²) < 4.78 is 36.7. The molecule has 0 unspecified atom stereocenters. The molecular weight excluding hydrogens is 314 g/mol. The number of likely N-dealkylation sites (N-methyl/N-ethyl adjacent to an activating group) is 1. The predicted octanol–water partition coefficient (Wildman–Crippen LogP) is 2.57. The van der Waals surface area contributed by atoms with Crippen LogP contribution in [0.2, 0.25) is 0 Å². The maximum Gasteiger partial charge on any atom is 0.242 e. The lowest BCUT2D eigenvalue weighted by atomic mass is 10.1. The summed E-state index contributed by atoms with van der Waals surface area (Å²) in [5.74, 6) is 1.29. The summed E-state index contributed by atoms with van der Waals surface area (Å²) >= 11 is 0. The fourth-order valence-electron chi connectivity index (χ4n) is 2.22. The molecule has 0 amide bonds. The highest BCUT2D eigenvalue weighted by atomic mass is 32.2. The maximum absolute atomic E-state index is 12.5. The molecule has 0 radical (unpaired) electrons. The van der Waals surface area contributed by atoms with Gasteiger partial charge in [-0.05, 0) is 36.2 Å². The monoisotopic (exact) mass is 335 g/mol. The summed E-state index contributed by atoms with van der Waals surface area (Å²) in [4.78, 5) is 0.301. The second kappa shape index (κ2) is 7.48. The van der Waals surface area contributed by atoms with Crippen molar-refractivity contribution in [3.8, 4) is 11.5 Å². The van der Waals surface area contributed by atoms with E-state index in [4.69, 9.17) is 9.47 Å². The molecule has 2 aromatic carbocycles. The van der Waals surface area contributed by atoms with E-state index in [1.54, 1.807) is 51.6 Å². The first-order valence-electron chi connectivity index (χ1n) is 7.21. The predicted molar refractivity (Wildman–Crippen MR) is 89.5 cm³/mol. The van der Waals surface area contributed by atoms with Crippen LogP contribution in [0.1, 0.15) is 5.56 Å². The van der Waals surface area contributed by atoms with E-state index >= 15 is 0 Å². The Kier molecular flexibility index (Phi) is 5.63. The number of sulfonamides is 1. The van der Waals surface area contributed by atoms with Crippen LogP contribution in [0.4, 0.5) is 0 Å². The lowest BCUT2D eigenvalue weighted by Crippen LogP contribution is -2.29. The van der Waals surface area contributed by atoms with Crippen LogP contribution in [0.15, 0.2) is 53.4 Å². The molecule has 0 saturated heterocycles. The SMILES string of the molecule is COc1ccc(CCN(C)S(=O)(=O)c2ccccc2)cc1OC. The number of methoxy groups -OCH3 is 2. The minimum atomic E-state index is -3.46. The fraction of sp³-hybridized carbons (Fsp3) is 0.294. The van der Waals surface area contributed by atoms with Crippen LogP contribution in [-0.2, 0) is 16.4 Å². The van der Waals surface area contributed by atoms with E-state index < -0.39 is 10.0 Å². The van der Waals surface area contributed by atoms with Gasteiger partial charge in [-0.25, -0.2) is 12.7 Å². The van der Waals surface area contributed by atoms with Crippen LogP contribution in [0.3, 0.4) is 0 Å². The molecule has 0 aliphatic carbocycles. The Morgan fingerprint density at radius 3 is 2.22 bits per heavy atom. The fourth-order valence-corrected chi connectivity index (χ4v) is 3.41. The van der Waals surface area contributed by atoms with Gasteiger partial charge in [-0.15, -0.1) is 0 Å². The molecule has 2 rings (SSSR count). The minimum absolute atomic E-state index is 0.301. The van der Waals surface area contributed by atoms with Crippen LogP contribution in [0.5, 0.6) is 11.5 Å². The lowest BCUT2D eigenvalue weighted by molar-refractivity contribution is 0.354. The first kappa shape index (κ1) is 17.3. The zero-order chi connectivity index (χ0) is 16.9. The molecule has 0 spiro atoms. The molecular formula is C17H21NO4S. The highest BCUT2D eigenvalue weighted by molar-refractivity contribution is 7.89. The first-order valence-corrected chi connectivity index (χ1v) is 8.65. The molecule has 0 atom stereocenters. The van der Waals surface area contributed by atoms with Crippen molar-refractivity contribution >= 4 is 10.0 Å². The second-order valence-corrected chi connectivity index (χ2v) is 7.12. The molecule has 2 aromatic rings. The molecule has 124 valence electrons. The standard InChI is InChI=1S/C17H21NO4S/c1-18(23(19,20)15-7-5-4-6-8-15)12-11-14-9-10-16(21-2)17(13-14)22-3/h4-10,13H,11-12H2,1-3H3. The van der Waals surface area contributed by atoms with Gasteiger partial charge in [0.1, 0.15) is 0 Å². The van der Waals surface area contributed by atoms with Crippen molar-refractivity contribution in [1.82, 2.24) is 4.31 Å². The lowest BCUT2D eigenvalue weighted by Gasteiger charge is -2.17. The average molecular weight is 335 g/mol.